The van der Waals surface area contributed by atoms with Crippen LogP contribution in [0.1, 0.15) is 26.0 Å². The van der Waals surface area contributed by atoms with Crippen molar-refractivity contribution in [2.24, 2.45) is 5.92 Å². The molecule has 4 heteroatoms. The van der Waals surface area contributed by atoms with Crippen molar-refractivity contribution in [3.05, 3.63) is 17.0 Å². The molecule has 0 atom stereocenters. The molecule has 1 rings (SSSR count). The van der Waals surface area contributed by atoms with E-state index in [1.807, 2.05) is 13.0 Å². The third kappa shape index (κ3) is 4.29. The van der Waals surface area contributed by atoms with Gasteiger partial charge in [-0.25, -0.2) is 9.97 Å². The highest BCUT2D eigenvalue weighted by atomic mass is 35.5. The van der Waals surface area contributed by atoms with E-state index in [0.29, 0.717) is 5.28 Å². The van der Waals surface area contributed by atoms with Crippen LogP contribution in [0.2, 0.25) is 5.28 Å². The maximum absolute atomic E-state index is 5.76. The second kappa shape index (κ2) is 5.56. The number of aryl methyl sites for hydroxylation is 1. The van der Waals surface area contributed by atoms with Crippen LogP contribution >= 0.6 is 23.4 Å². The fraction of sp³-hybridized carbons (Fsp3) is 0.600. The molecule has 1 heterocycles. The summed E-state index contributed by atoms with van der Waals surface area (Å²) in [5.41, 5.74) is 0.928. The summed E-state index contributed by atoms with van der Waals surface area (Å²) in [7, 11) is 0. The summed E-state index contributed by atoms with van der Waals surface area (Å²) >= 11 is 7.50. The molecule has 0 aliphatic carbocycles. The van der Waals surface area contributed by atoms with E-state index in [4.69, 9.17) is 11.6 Å². The molecule has 0 aliphatic heterocycles. The standard InChI is InChI=1S/C10H15ClN2S/c1-7(2)4-5-14-9-6-8(3)12-10(11)13-9/h6-7H,4-5H2,1-3H3. The molecule has 0 aliphatic rings. The summed E-state index contributed by atoms with van der Waals surface area (Å²) in [5.74, 6) is 1.82. The van der Waals surface area contributed by atoms with Gasteiger partial charge in [-0.05, 0) is 42.7 Å². The molecule has 0 saturated heterocycles. The van der Waals surface area contributed by atoms with E-state index in [-0.39, 0.29) is 0 Å². The van der Waals surface area contributed by atoms with E-state index in [2.05, 4.69) is 23.8 Å². The number of hydrogen-bond donors (Lipinski definition) is 0. The Morgan fingerprint density at radius 1 is 1.43 bits per heavy atom. The predicted molar refractivity (Wildman–Crippen MR) is 62.0 cm³/mol. The monoisotopic (exact) mass is 230 g/mol. The van der Waals surface area contributed by atoms with E-state index in [1.165, 1.54) is 6.42 Å². The van der Waals surface area contributed by atoms with Gasteiger partial charge in [-0.15, -0.1) is 11.8 Å². The van der Waals surface area contributed by atoms with Crippen LogP contribution in [-0.2, 0) is 0 Å². The highest BCUT2D eigenvalue weighted by Crippen LogP contribution is 2.20. The Kier molecular flexibility index (Phi) is 4.69. The highest BCUT2D eigenvalue weighted by Gasteiger charge is 2.01. The number of thioether (sulfide) groups is 1. The molecule has 1 aromatic heterocycles. The molecule has 0 fully saturated rings. The third-order valence-corrected chi connectivity index (χ3v) is 2.86. The summed E-state index contributed by atoms with van der Waals surface area (Å²) in [6.07, 6.45) is 1.20. The van der Waals surface area contributed by atoms with Gasteiger partial charge in [0.15, 0.2) is 0 Å². The molecule has 0 radical (unpaired) electrons. The minimum absolute atomic E-state index is 0.344. The lowest BCUT2D eigenvalue weighted by Crippen LogP contribution is -1.92. The minimum atomic E-state index is 0.344. The Labute approximate surface area is 94.5 Å². The summed E-state index contributed by atoms with van der Waals surface area (Å²) in [6.45, 7) is 6.37. The fourth-order valence-corrected chi connectivity index (χ4v) is 2.46. The summed E-state index contributed by atoms with van der Waals surface area (Å²) in [6, 6.07) is 1.97. The second-order valence-corrected chi connectivity index (χ2v) is 5.10. The average Bonchev–Trinajstić information content (AvgIpc) is 2.01. The largest absolute Gasteiger partial charge is 0.223 e. The maximum Gasteiger partial charge on any atom is 0.223 e. The summed E-state index contributed by atoms with van der Waals surface area (Å²) in [4.78, 5) is 8.17. The zero-order chi connectivity index (χ0) is 10.6. The molecule has 0 saturated carbocycles. The van der Waals surface area contributed by atoms with Gasteiger partial charge in [0.25, 0.3) is 0 Å². The Hall–Kier alpha value is -0.280. The van der Waals surface area contributed by atoms with Crippen LogP contribution < -0.4 is 0 Å². The maximum atomic E-state index is 5.76. The van der Waals surface area contributed by atoms with Gasteiger partial charge in [0, 0.05) is 5.69 Å². The van der Waals surface area contributed by atoms with Crippen LogP contribution in [0.3, 0.4) is 0 Å². The van der Waals surface area contributed by atoms with E-state index in [9.17, 15) is 0 Å². The number of rotatable bonds is 4. The first kappa shape index (κ1) is 11.8. The number of nitrogens with zero attached hydrogens (tertiary/aromatic N) is 2. The van der Waals surface area contributed by atoms with Crippen LogP contribution in [0.4, 0.5) is 0 Å². The highest BCUT2D eigenvalue weighted by molar-refractivity contribution is 7.99. The Balaban J connectivity index is 2.50. The number of hydrogen-bond acceptors (Lipinski definition) is 3. The van der Waals surface area contributed by atoms with Crippen LogP contribution in [-0.4, -0.2) is 15.7 Å². The smallest absolute Gasteiger partial charge is 0.223 e. The van der Waals surface area contributed by atoms with Crippen molar-refractivity contribution < 1.29 is 0 Å². The molecule has 0 unspecified atom stereocenters. The lowest BCUT2D eigenvalue weighted by molar-refractivity contribution is 0.632. The Morgan fingerprint density at radius 3 is 2.71 bits per heavy atom. The van der Waals surface area contributed by atoms with E-state index in [1.54, 1.807) is 11.8 Å². The van der Waals surface area contributed by atoms with Crippen molar-refractivity contribution in [2.45, 2.75) is 32.2 Å². The normalized spacial score (nSPS) is 10.9. The molecular weight excluding hydrogens is 216 g/mol. The first-order chi connectivity index (χ1) is 6.58. The molecule has 0 spiro atoms. The van der Waals surface area contributed by atoms with Crippen molar-refractivity contribution in [3.63, 3.8) is 0 Å². The van der Waals surface area contributed by atoms with Crippen molar-refractivity contribution in [3.8, 4) is 0 Å². The van der Waals surface area contributed by atoms with Gasteiger partial charge in [-0.2, -0.15) is 0 Å². The van der Waals surface area contributed by atoms with Gasteiger partial charge in [-0.1, -0.05) is 13.8 Å². The van der Waals surface area contributed by atoms with E-state index < -0.39 is 0 Å². The zero-order valence-corrected chi connectivity index (χ0v) is 10.3. The van der Waals surface area contributed by atoms with E-state index >= 15 is 0 Å². The molecule has 0 bridgehead atoms. The average molecular weight is 231 g/mol. The zero-order valence-electron chi connectivity index (χ0n) is 8.75. The van der Waals surface area contributed by atoms with Crippen LogP contribution in [0.15, 0.2) is 11.1 Å². The van der Waals surface area contributed by atoms with Crippen LogP contribution in [0, 0.1) is 12.8 Å². The quantitative estimate of drug-likeness (QED) is 0.449. The van der Waals surface area contributed by atoms with Gasteiger partial charge < -0.3 is 0 Å². The first-order valence-corrected chi connectivity index (χ1v) is 6.08. The number of aromatic nitrogens is 2. The van der Waals surface area contributed by atoms with Crippen LogP contribution in [0.5, 0.6) is 0 Å². The van der Waals surface area contributed by atoms with Crippen molar-refractivity contribution in [1.82, 2.24) is 9.97 Å². The molecular formula is C10H15ClN2S. The molecule has 0 aromatic carbocycles. The lowest BCUT2D eigenvalue weighted by Gasteiger charge is -2.04. The Morgan fingerprint density at radius 2 is 2.14 bits per heavy atom. The van der Waals surface area contributed by atoms with Crippen molar-refractivity contribution >= 4 is 23.4 Å². The van der Waals surface area contributed by atoms with Gasteiger partial charge in [0.2, 0.25) is 5.28 Å². The van der Waals surface area contributed by atoms with Gasteiger partial charge in [0.05, 0.1) is 0 Å². The summed E-state index contributed by atoms with van der Waals surface area (Å²) < 4.78 is 0. The Bertz CT molecular complexity index is 282. The molecule has 2 nitrogen and oxygen atoms in total. The van der Waals surface area contributed by atoms with Crippen LogP contribution in [0.25, 0.3) is 0 Å². The third-order valence-electron chi connectivity index (χ3n) is 1.75. The fourth-order valence-electron chi connectivity index (χ4n) is 0.978. The molecule has 0 N–H and O–H groups in total. The molecule has 0 amide bonds. The molecule has 1 aromatic rings. The van der Waals surface area contributed by atoms with E-state index in [0.717, 1.165) is 22.4 Å². The topological polar surface area (TPSA) is 25.8 Å². The van der Waals surface area contributed by atoms with Gasteiger partial charge in [-0.3, -0.25) is 0 Å². The lowest BCUT2D eigenvalue weighted by atomic mass is 10.2. The van der Waals surface area contributed by atoms with Crippen molar-refractivity contribution in [1.29, 1.82) is 0 Å². The first-order valence-electron chi connectivity index (χ1n) is 4.72. The molecule has 78 valence electrons. The van der Waals surface area contributed by atoms with Gasteiger partial charge in [0.1, 0.15) is 5.03 Å². The minimum Gasteiger partial charge on any atom is -0.223 e. The molecule has 14 heavy (non-hydrogen) atoms. The number of halogens is 1. The summed E-state index contributed by atoms with van der Waals surface area (Å²) in [5, 5.41) is 1.32. The second-order valence-electron chi connectivity index (χ2n) is 3.65. The predicted octanol–water partition coefficient (Wildman–Crippen LogP) is 3.58. The van der Waals surface area contributed by atoms with Crippen molar-refractivity contribution in [2.75, 3.05) is 5.75 Å². The SMILES string of the molecule is Cc1cc(SCCC(C)C)nc(Cl)n1. The van der Waals surface area contributed by atoms with Gasteiger partial charge >= 0.3 is 0 Å².